The van der Waals surface area contributed by atoms with E-state index < -0.39 is 5.41 Å². The lowest BCUT2D eigenvalue weighted by molar-refractivity contribution is 0.433. The van der Waals surface area contributed by atoms with Crippen molar-refractivity contribution in [3.63, 3.8) is 0 Å². The van der Waals surface area contributed by atoms with Crippen LogP contribution < -0.4 is 4.74 Å². The second-order valence-corrected chi connectivity index (χ2v) is 14.4. The van der Waals surface area contributed by atoms with Gasteiger partial charge in [0.1, 0.15) is 0 Å². The fourth-order valence-electron chi connectivity index (χ4n) is 9.58. The molecule has 56 heavy (non-hydrogen) atoms. The van der Waals surface area contributed by atoms with Crippen LogP contribution in [0.5, 0.6) is 11.5 Å². The minimum atomic E-state index is -0.832. The van der Waals surface area contributed by atoms with E-state index in [0.717, 1.165) is 100 Å². The summed E-state index contributed by atoms with van der Waals surface area (Å²) < 4.78 is 12.0. The van der Waals surface area contributed by atoms with Crippen molar-refractivity contribution in [3.8, 4) is 46.4 Å². The number of hydrogen-bond donors (Lipinski definition) is 0. The van der Waals surface area contributed by atoms with Crippen molar-refractivity contribution in [3.05, 3.63) is 191 Å². The molecular weight excluding hydrogens is 689 g/mol. The van der Waals surface area contributed by atoms with Gasteiger partial charge in [-0.3, -0.25) is 9.97 Å². The Morgan fingerprint density at radius 3 is 1.38 bits per heavy atom. The largest absolute Gasteiger partial charge is 0.452 e. The fourth-order valence-corrected chi connectivity index (χ4v) is 9.58. The first kappa shape index (κ1) is 30.5. The summed E-state index contributed by atoms with van der Waals surface area (Å²) in [6, 6.07) is 54.3. The second kappa shape index (κ2) is 11.0. The molecule has 6 aromatic carbocycles. The molecule has 0 unspecified atom stereocenters. The molecule has 10 aromatic rings. The predicted octanol–water partition coefficient (Wildman–Crippen LogP) is 10.9. The van der Waals surface area contributed by atoms with E-state index in [2.05, 4.69) is 106 Å². The Balaban J connectivity index is 1.25. The molecule has 0 fully saturated rings. The van der Waals surface area contributed by atoms with Gasteiger partial charge < -0.3 is 13.9 Å². The highest BCUT2D eigenvalue weighted by Crippen LogP contribution is 2.63. The van der Waals surface area contributed by atoms with Gasteiger partial charge >= 0.3 is 0 Å². The number of ether oxygens (including phenoxy) is 1. The van der Waals surface area contributed by atoms with Gasteiger partial charge in [-0.05, 0) is 83.9 Å². The molecule has 5 heterocycles. The molecular formula is C49H26N6O. The van der Waals surface area contributed by atoms with Gasteiger partial charge in [-0.25, -0.2) is 0 Å². The molecule has 0 N–H and O–H groups in total. The maximum Gasteiger partial charge on any atom is 0.156 e. The molecule has 1 spiro atoms. The molecule has 12 rings (SSSR count). The van der Waals surface area contributed by atoms with Crippen LogP contribution >= 0.6 is 0 Å². The Hall–Kier alpha value is -8.00. The zero-order valence-corrected chi connectivity index (χ0v) is 29.6. The van der Waals surface area contributed by atoms with Crippen molar-refractivity contribution in [1.29, 1.82) is 10.5 Å². The van der Waals surface area contributed by atoms with Crippen LogP contribution in [0.2, 0.25) is 0 Å². The van der Waals surface area contributed by atoms with E-state index in [-0.39, 0.29) is 0 Å². The first-order valence-electron chi connectivity index (χ1n) is 18.4. The quantitative estimate of drug-likeness (QED) is 0.178. The Bertz CT molecular complexity index is 3220. The van der Waals surface area contributed by atoms with Crippen LogP contribution in [0.1, 0.15) is 33.4 Å². The molecule has 258 valence electrons. The molecule has 7 heteroatoms. The van der Waals surface area contributed by atoms with Crippen LogP contribution in [0.3, 0.4) is 0 Å². The summed E-state index contributed by atoms with van der Waals surface area (Å²) in [6.07, 6.45) is 3.68. The minimum Gasteiger partial charge on any atom is -0.452 e. The highest BCUT2D eigenvalue weighted by atomic mass is 16.5. The highest BCUT2D eigenvalue weighted by Gasteiger charge is 2.53. The molecule has 1 aliphatic carbocycles. The summed E-state index contributed by atoms with van der Waals surface area (Å²) in [5.74, 6) is 1.44. The number of nitrogens with zero attached hydrogens (tertiary/aromatic N) is 6. The number of rotatable bonds is 2. The number of pyridine rings is 2. The molecule has 0 saturated heterocycles. The molecule has 7 nitrogen and oxygen atoms in total. The summed E-state index contributed by atoms with van der Waals surface area (Å²) in [5, 5.41) is 23.9. The van der Waals surface area contributed by atoms with Crippen LogP contribution in [-0.2, 0) is 5.41 Å². The summed E-state index contributed by atoms with van der Waals surface area (Å²) in [4.78, 5) is 9.94. The van der Waals surface area contributed by atoms with Gasteiger partial charge in [-0.15, -0.1) is 0 Å². The SMILES string of the molecule is N#Cc1ccc2c(c1)c1ccccc1n2-c1cccc2c1Oc1c(-n3c4ccccc4c4cc(C#N)ccc43)cccc1C21c2cccnc2-c2ncccc21. The summed E-state index contributed by atoms with van der Waals surface area (Å²) >= 11 is 0. The first-order valence-corrected chi connectivity index (χ1v) is 18.4. The van der Waals surface area contributed by atoms with Crippen molar-refractivity contribution >= 4 is 43.6 Å². The van der Waals surface area contributed by atoms with Gasteiger partial charge in [0, 0.05) is 45.1 Å². The zero-order valence-electron chi connectivity index (χ0n) is 29.6. The van der Waals surface area contributed by atoms with Crippen molar-refractivity contribution in [2.75, 3.05) is 0 Å². The monoisotopic (exact) mass is 714 g/mol. The van der Waals surface area contributed by atoms with Crippen molar-refractivity contribution in [1.82, 2.24) is 19.1 Å². The third-order valence-electron chi connectivity index (χ3n) is 11.7. The molecule has 0 atom stereocenters. The maximum atomic E-state index is 9.88. The lowest BCUT2D eigenvalue weighted by Crippen LogP contribution is -2.33. The fraction of sp³-hybridized carbons (Fsp3) is 0.0204. The van der Waals surface area contributed by atoms with Crippen LogP contribution in [0.15, 0.2) is 158 Å². The molecule has 0 radical (unpaired) electrons. The number of para-hydroxylation sites is 4. The number of nitriles is 2. The first-order chi connectivity index (χ1) is 27.7. The average molecular weight is 715 g/mol. The van der Waals surface area contributed by atoms with Crippen molar-refractivity contribution in [2.24, 2.45) is 0 Å². The Morgan fingerprint density at radius 1 is 0.446 bits per heavy atom. The summed E-state index contributed by atoms with van der Waals surface area (Å²) in [6.45, 7) is 0. The third kappa shape index (κ3) is 3.73. The lowest BCUT2D eigenvalue weighted by Gasteiger charge is -2.40. The third-order valence-corrected chi connectivity index (χ3v) is 11.7. The van der Waals surface area contributed by atoms with Crippen LogP contribution in [-0.4, -0.2) is 19.1 Å². The molecule has 4 aromatic heterocycles. The summed E-state index contributed by atoms with van der Waals surface area (Å²) in [5.41, 5.74) is 11.8. The van der Waals surface area contributed by atoms with Gasteiger partial charge in [-0.1, -0.05) is 72.8 Å². The van der Waals surface area contributed by atoms with E-state index in [1.807, 2.05) is 73.1 Å². The molecule has 0 bridgehead atoms. The molecule has 0 amide bonds. The van der Waals surface area contributed by atoms with Gasteiger partial charge in [0.15, 0.2) is 11.5 Å². The Kier molecular flexibility index (Phi) is 5.99. The van der Waals surface area contributed by atoms with E-state index >= 15 is 0 Å². The normalized spacial score (nSPS) is 13.2. The minimum absolute atomic E-state index is 0.608. The standard InChI is InChI=1S/C49H26N6O/c50-27-29-19-21-41-33(25-29)31-9-1-3-15-39(31)54(41)43-17-5-11-37-47(43)56-48-38(49(37)35-13-7-23-52-45(35)46-36(49)14-8-24-53-46)12-6-18-44(48)55-40-16-4-2-10-32(40)34-26-30(28-51)20-22-42(34)55/h1-26H. The van der Waals surface area contributed by atoms with Crippen molar-refractivity contribution < 1.29 is 4.74 Å². The van der Waals surface area contributed by atoms with E-state index in [4.69, 9.17) is 14.7 Å². The number of hydrogen-bond acceptors (Lipinski definition) is 5. The Labute approximate surface area is 320 Å². The second-order valence-electron chi connectivity index (χ2n) is 14.4. The van der Waals surface area contributed by atoms with E-state index in [1.165, 1.54) is 0 Å². The zero-order chi connectivity index (χ0) is 37.1. The lowest BCUT2D eigenvalue weighted by atomic mass is 9.66. The number of benzene rings is 6. The van der Waals surface area contributed by atoms with E-state index in [1.54, 1.807) is 0 Å². The van der Waals surface area contributed by atoms with Gasteiger partial charge in [0.05, 0.1) is 73.5 Å². The number of aromatic nitrogens is 4. The van der Waals surface area contributed by atoms with E-state index in [0.29, 0.717) is 11.1 Å². The van der Waals surface area contributed by atoms with Gasteiger partial charge in [0.2, 0.25) is 0 Å². The molecule has 2 aliphatic rings. The van der Waals surface area contributed by atoms with Gasteiger partial charge in [0.25, 0.3) is 0 Å². The molecule has 0 saturated carbocycles. The number of fused-ring (bicyclic) bond motifs is 15. The highest BCUT2D eigenvalue weighted by molar-refractivity contribution is 6.11. The van der Waals surface area contributed by atoms with Gasteiger partial charge in [-0.2, -0.15) is 10.5 Å². The smallest absolute Gasteiger partial charge is 0.156 e. The van der Waals surface area contributed by atoms with Crippen LogP contribution in [0.4, 0.5) is 0 Å². The van der Waals surface area contributed by atoms with Crippen LogP contribution in [0, 0.1) is 22.7 Å². The topological polar surface area (TPSA) is 92.5 Å². The van der Waals surface area contributed by atoms with Crippen LogP contribution in [0.25, 0.3) is 66.4 Å². The average Bonchev–Trinajstić information content (AvgIpc) is 3.87. The molecule has 1 aliphatic heterocycles. The van der Waals surface area contributed by atoms with E-state index in [9.17, 15) is 10.5 Å². The predicted molar refractivity (Wildman–Crippen MR) is 218 cm³/mol. The summed E-state index contributed by atoms with van der Waals surface area (Å²) in [7, 11) is 0. The van der Waals surface area contributed by atoms with Crippen molar-refractivity contribution in [2.45, 2.75) is 5.41 Å². The Morgan fingerprint density at radius 2 is 0.893 bits per heavy atom. The maximum absolute atomic E-state index is 9.88.